The number of ether oxygens (including phenoxy) is 1. The van der Waals surface area contributed by atoms with E-state index in [-0.39, 0.29) is 12.7 Å². The highest BCUT2D eigenvalue weighted by atomic mass is 16.5. The van der Waals surface area contributed by atoms with Crippen molar-refractivity contribution in [3.05, 3.63) is 35.9 Å². The summed E-state index contributed by atoms with van der Waals surface area (Å²) in [5.74, 6) is -0.559. The lowest BCUT2D eigenvalue weighted by atomic mass is 9.90. The predicted octanol–water partition coefficient (Wildman–Crippen LogP) is 3.03. The molecule has 0 saturated carbocycles. The van der Waals surface area contributed by atoms with E-state index < -0.39 is 11.5 Å². The van der Waals surface area contributed by atoms with Crippen LogP contribution in [0, 0.1) is 5.92 Å². The van der Waals surface area contributed by atoms with E-state index in [0.717, 1.165) is 12.0 Å². The minimum atomic E-state index is -1.19. The molecule has 2 N–H and O–H groups in total. The van der Waals surface area contributed by atoms with Gasteiger partial charge in [0.2, 0.25) is 0 Å². The zero-order valence-electron chi connectivity index (χ0n) is 13.4. The molecule has 0 bridgehead atoms. The third kappa shape index (κ3) is 4.55. The standard InChI is InChI=1S/C17H27NO3/c1-5-11-18-17(16(19)20,12-21-14(4)13(2)3)15-9-7-6-8-10-15/h6-10,13-14,18H,5,11-12H2,1-4H3,(H,19,20). The molecule has 21 heavy (non-hydrogen) atoms. The second-order valence-electron chi connectivity index (χ2n) is 5.76. The Morgan fingerprint density at radius 2 is 1.90 bits per heavy atom. The molecular weight excluding hydrogens is 266 g/mol. The minimum absolute atomic E-state index is 0.0101. The summed E-state index contributed by atoms with van der Waals surface area (Å²) in [5, 5.41) is 13.0. The van der Waals surface area contributed by atoms with Crippen molar-refractivity contribution in [2.45, 2.75) is 45.8 Å². The zero-order valence-corrected chi connectivity index (χ0v) is 13.4. The number of carboxylic acids is 1. The van der Waals surface area contributed by atoms with Crippen molar-refractivity contribution in [3.63, 3.8) is 0 Å². The average Bonchev–Trinajstić information content (AvgIpc) is 2.48. The van der Waals surface area contributed by atoms with Gasteiger partial charge in [0.05, 0.1) is 12.7 Å². The Balaban J connectivity index is 3.04. The lowest BCUT2D eigenvalue weighted by molar-refractivity contribution is -0.150. The second kappa shape index (κ2) is 8.15. The highest BCUT2D eigenvalue weighted by Crippen LogP contribution is 2.24. The molecule has 1 aromatic carbocycles. The number of benzene rings is 1. The first-order valence-corrected chi connectivity index (χ1v) is 7.59. The van der Waals surface area contributed by atoms with Crippen LogP contribution in [-0.2, 0) is 15.1 Å². The molecular formula is C17H27NO3. The second-order valence-corrected chi connectivity index (χ2v) is 5.76. The van der Waals surface area contributed by atoms with E-state index in [9.17, 15) is 9.90 Å². The van der Waals surface area contributed by atoms with Crippen molar-refractivity contribution in [3.8, 4) is 0 Å². The third-order valence-corrected chi connectivity index (χ3v) is 3.81. The maximum Gasteiger partial charge on any atom is 0.331 e. The van der Waals surface area contributed by atoms with Gasteiger partial charge in [-0.1, -0.05) is 51.1 Å². The molecule has 0 radical (unpaired) electrons. The molecule has 1 aromatic rings. The molecule has 2 unspecified atom stereocenters. The molecule has 0 amide bonds. The summed E-state index contributed by atoms with van der Waals surface area (Å²) in [6.07, 6.45) is 0.873. The van der Waals surface area contributed by atoms with Crippen LogP contribution in [0.4, 0.5) is 0 Å². The number of aliphatic carboxylic acids is 1. The van der Waals surface area contributed by atoms with Gasteiger partial charge in [0, 0.05) is 0 Å². The number of carboxylic acid groups (broad SMARTS) is 1. The Kier molecular flexibility index (Phi) is 6.85. The average molecular weight is 293 g/mol. The Hall–Kier alpha value is -1.39. The van der Waals surface area contributed by atoms with Gasteiger partial charge in [-0.15, -0.1) is 0 Å². The van der Waals surface area contributed by atoms with E-state index in [1.165, 1.54) is 0 Å². The lowest BCUT2D eigenvalue weighted by Gasteiger charge is -2.32. The van der Waals surface area contributed by atoms with Crippen LogP contribution in [0.15, 0.2) is 30.3 Å². The monoisotopic (exact) mass is 293 g/mol. The number of nitrogens with one attached hydrogen (secondary N) is 1. The van der Waals surface area contributed by atoms with Crippen molar-refractivity contribution >= 4 is 5.97 Å². The van der Waals surface area contributed by atoms with Crippen molar-refractivity contribution in [1.82, 2.24) is 5.32 Å². The van der Waals surface area contributed by atoms with Crippen LogP contribution >= 0.6 is 0 Å². The maximum atomic E-state index is 12.0. The summed E-state index contributed by atoms with van der Waals surface area (Å²) >= 11 is 0. The Labute approximate surface area is 127 Å². The lowest BCUT2D eigenvalue weighted by Crippen LogP contribution is -2.53. The molecule has 0 aliphatic rings. The topological polar surface area (TPSA) is 58.6 Å². The summed E-state index contributed by atoms with van der Waals surface area (Å²) in [6, 6.07) is 9.26. The molecule has 1 rings (SSSR count). The van der Waals surface area contributed by atoms with Crippen LogP contribution in [0.3, 0.4) is 0 Å². The summed E-state index contributed by atoms with van der Waals surface area (Å²) in [7, 11) is 0. The van der Waals surface area contributed by atoms with E-state index in [4.69, 9.17) is 4.74 Å². The van der Waals surface area contributed by atoms with Gasteiger partial charge in [-0.25, -0.2) is 4.79 Å². The smallest absolute Gasteiger partial charge is 0.331 e. The fourth-order valence-corrected chi connectivity index (χ4v) is 2.01. The molecule has 0 fully saturated rings. The number of hydrogen-bond donors (Lipinski definition) is 2. The van der Waals surface area contributed by atoms with Gasteiger partial charge in [-0.3, -0.25) is 5.32 Å². The van der Waals surface area contributed by atoms with Gasteiger partial charge in [-0.05, 0) is 31.4 Å². The summed E-state index contributed by atoms with van der Waals surface area (Å²) in [6.45, 7) is 8.86. The molecule has 0 aromatic heterocycles. The summed E-state index contributed by atoms with van der Waals surface area (Å²) < 4.78 is 5.84. The first-order chi connectivity index (χ1) is 9.94. The van der Waals surface area contributed by atoms with Gasteiger partial charge >= 0.3 is 5.97 Å². The largest absolute Gasteiger partial charge is 0.480 e. The molecule has 0 saturated heterocycles. The van der Waals surface area contributed by atoms with Gasteiger partial charge in [0.25, 0.3) is 0 Å². The van der Waals surface area contributed by atoms with E-state index in [0.29, 0.717) is 12.5 Å². The number of rotatable bonds is 9. The molecule has 0 aliphatic carbocycles. The van der Waals surface area contributed by atoms with Crippen LogP contribution in [0.25, 0.3) is 0 Å². The van der Waals surface area contributed by atoms with E-state index in [1.807, 2.05) is 44.2 Å². The molecule has 118 valence electrons. The quantitative estimate of drug-likeness (QED) is 0.735. The molecule has 4 nitrogen and oxygen atoms in total. The molecule has 0 heterocycles. The third-order valence-electron chi connectivity index (χ3n) is 3.81. The van der Waals surface area contributed by atoms with E-state index in [2.05, 4.69) is 19.2 Å². The fraction of sp³-hybridized carbons (Fsp3) is 0.588. The van der Waals surface area contributed by atoms with Gasteiger partial charge in [-0.2, -0.15) is 0 Å². The van der Waals surface area contributed by atoms with Crippen LogP contribution in [0.2, 0.25) is 0 Å². The van der Waals surface area contributed by atoms with Crippen molar-refractivity contribution in [1.29, 1.82) is 0 Å². The van der Waals surface area contributed by atoms with Crippen LogP contribution in [0.1, 0.15) is 39.7 Å². The van der Waals surface area contributed by atoms with Gasteiger partial charge in [0.1, 0.15) is 0 Å². The molecule has 0 spiro atoms. The predicted molar refractivity (Wildman–Crippen MR) is 84.3 cm³/mol. The zero-order chi connectivity index (χ0) is 15.9. The van der Waals surface area contributed by atoms with Crippen molar-refractivity contribution in [2.75, 3.05) is 13.2 Å². The van der Waals surface area contributed by atoms with Crippen LogP contribution < -0.4 is 5.32 Å². The SMILES string of the molecule is CCCNC(COC(C)C(C)C)(C(=O)O)c1ccccc1. The summed E-state index contributed by atoms with van der Waals surface area (Å²) in [5.41, 5.74) is -0.470. The van der Waals surface area contributed by atoms with Gasteiger partial charge in [0.15, 0.2) is 5.54 Å². The Morgan fingerprint density at radius 3 is 2.38 bits per heavy atom. The van der Waals surface area contributed by atoms with Crippen molar-refractivity contribution in [2.24, 2.45) is 5.92 Å². The highest BCUT2D eigenvalue weighted by Gasteiger charge is 2.40. The Morgan fingerprint density at radius 1 is 1.29 bits per heavy atom. The Bertz CT molecular complexity index is 433. The van der Waals surface area contributed by atoms with Gasteiger partial charge < -0.3 is 9.84 Å². The first-order valence-electron chi connectivity index (χ1n) is 7.59. The number of hydrogen-bond acceptors (Lipinski definition) is 3. The molecule has 0 aliphatic heterocycles. The van der Waals surface area contributed by atoms with Crippen LogP contribution in [0.5, 0.6) is 0 Å². The first kappa shape index (κ1) is 17.7. The molecule has 2 atom stereocenters. The summed E-state index contributed by atoms with van der Waals surface area (Å²) in [4.78, 5) is 12.0. The van der Waals surface area contributed by atoms with E-state index >= 15 is 0 Å². The maximum absolute atomic E-state index is 12.0. The molecule has 4 heteroatoms. The highest BCUT2D eigenvalue weighted by molar-refractivity contribution is 5.81. The van der Waals surface area contributed by atoms with E-state index in [1.54, 1.807) is 0 Å². The van der Waals surface area contributed by atoms with Crippen molar-refractivity contribution < 1.29 is 14.6 Å². The fourth-order valence-electron chi connectivity index (χ4n) is 2.01. The minimum Gasteiger partial charge on any atom is -0.480 e. The van der Waals surface area contributed by atoms with Crippen LogP contribution in [-0.4, -0.2) is 30.3 Å². The normalized spacial score (nSPS) is 15.7. The number of carbonyl (C=O) groups is 1.